The SMILES string of the molecule is O=C(COc1ccccc1)N1CCC2(CC1)C[C@H](CC(=O)N1CCCC1)c1ccccc12. The van der Waals surface area contributed by atoms with E-state index in [0.29, 0.717) is 18.2 Å². The highest BCUT2D eigenvalue weighted by Crippen LogP contribution is 2.52. The fourth-order valence-corrected chi connectivity index (χ4v) is 5.93. The molecular weight excluding hydrogens is 400 g/mol. The Hall–Kier alpha value is -2.82. The van der Waals surface area contributed by atoms with Crippen molar-refractivity contribution in [2.75, 3.05) is 32.8 Å². The molecule has 3 aliphatic rings. The van der Waals surface area contributed by atoms with Crippen LogP contribution in [0.1, 0.15) is 55.6 Å². The Labute approximate surface area is 190 Å². The van der Waals surface area contributed by atoms with Gasteiger partial charge >= 0.3 is 0 Å². The fraction of sp³-hybridized carbons (Fsp3) is 0.481. The van der Waals surface area contributed by atoms with Crippen molar-refractivity contribution in [1.29, 1.82) is 0 Å². The molecule has 0 bridgehead atoms. The Balaban J connectivity index is 1.23. The maximum atomic E-state index is 12.9. The van der Waals surface area contributed by atoms with Crippen molar-refractivity contribution < 1.29 is 14.3 Å². The highest BCUT2D eigenvalue weighted by Gasteiger charge is 2.46. The van der Waals surface area contributed by atoms with Crippen molar-refractivity contribution in [2.45, 2.75) is 49.9 Å². The Morgan fingerprint density at radius 3 is 2.25 bits per heavy atom. The molecule has 5 heteroatoms. The number of likely N-dealkylation sites (tertiary alicyclic amines) is 2. The Morgan fingerprint density at radius 1 is 0.844 bits per heavy atom. The normalized spacial score (nSPS) is 21.6. The lowest BCUT2D eigenvalue weighted by Gasteiger charge is -2.40. The zero-order valence-corrected chi connectivity index (χ0v) is 18.7. The average molecular weight is 433 g/mol. The first-order chi connectivity index (χ1) is 15.6. The van der Waals surface area contributed by atoms with E-state index in [2.05, 4.69) is 24.3 Å². The standard InChI is InChI=1S/C27H32N2O3/c30-25(28-14-6-7-15-28)18-21-19-27(24-11-5-4-10-23(21)24)12-16-29(17-13-27)26(31)20-32-22-8-2-1-3-9-22/h1-5,8-11,21H,6-7,12-20H2/t21-/m0/s1. The van der Waals surface area contributed by atoms with E-state index in [1.165, 1.54) is 11.1 Å². The van der Waals surface area contributed by atoms with Gasteiger partial charge in [0.15, 0.2) is 6.61 Å². The first kappa shape index (κ1) is 21.0. The van der Waals surface area contributed by atoms with Gasteiger partial charge in [0.25, 0.3) is 5.91 Å². The number of carbonyl (C=O) groups excluding carboxylic acids is 2. The summed E-state index contributed by atoms with van der Waals surface area (Å²) >= 11 is 0. The lowest BCUT2D eigenvalue weighted by atomic mass is 9.73. The summed E-state index contributed by atoms with van der Waals surface area (Å²) in [6.07, 6.45) is 5.81. The van der Waals surface area contributed by atoms with E-state index < -0.39 is 0 Å². The predicted molar refractivity (Wildman–Crippen MR) is 124 cm³/mol. The second-order valence-corrected chi connectivity index (χ2v) is 9.54. The van der Waals surface area contributed by atoms with E-state index in [1.807, 2.05) is 40.1 Å². The van der Waals surface area contributed by atoms with Gasteiger partial charge in [-0.2, -0.15) is 0 Å². The molecule has 5 nitrogen and oxygen atoms in total. The largest absolute Gasteiger partial charge is 0.484 e. The molecule has 1 atom stereocenters. The minimum Gasteiger partial charge on any atom is -0.484 e. The topological polar surface area (TPSA) is 49.9 Å². The molecule has 2 fully saturated rings. The molecule has 168 valence electrons. The number of piperidine rings is 1. The zero-order valence-electron chi connectivity index (χ0n) is 18.7. The number of benzene rings is 2. The molecule has 1 spiro atoms. The molecule has 0 saturated carbocycles. The first-order valence-electron chi connectivity index (χ1n) is 12.0. The van der Waals surface area contributed by atoms with Crippen LogP contribution in [-0.2, 0) is 15.0 Å². The maximum absolute atomic E-state index is 12.9. The van der Waals surface area contributed by atoms with E-state index in [0.717, 1.165) is 64.0 Å². The molecule has 2 saturated heterocycles. The van der Waals surface area contributed by atoms with Crippen LogP contribution in [0.3, 0.4) is 0 Å². The highest BCUT2D eigenvalue weighted by molar-refractivity contribution is 5.78. The van der Waals surface area contributed by atoms with Gasteiger partial charge in [-0.3, -0.25) is 9.59 Å². The minimum absolute atomic E-state index is 0.0516. The lowest BCUT2D eigenvalue weighted by Crippen LogP contribution is -2.46. The summed E-state index contributed by atoms with van der Waals surface area (Å²) < 4.78 is 5.67. The number of hydrogen-bond donors (Lipinski definition) is 0. The van der Waals surface area contributed by atoms with Crippen molar-refractivity contribution in [3.05, 3.63) is 65.7 Å². The summed E-state index contributed by atoms with van der Waals surface area (Å²) in [6, 6.07) is 18.2. The van der Waals surface area contributed by atoms with E-state index >= 15 is 0 Å². The van der Waals surface area contributed by atoms with E-state index in [9.17, 15) is 9.59 Å². The van der Waals surface area contributed by atoms with Gasteiger partial charge in [-0.25, -0.2) is 0 Å². The van der Waals surface area contributed by atoms with Gasteiger partial charge in [-0.15, -0.1) is 0 Å². The Morgan fingerprint density at radius 2 is 1.50 bits per heavy atom. The molecular formula is C27H32N2O3. The summed E-state index contributed by atoms with van der Waals surface area (Å²) in [6.45, 7) is 3.41. The van der Waals surface area contributed by atoms with Gasteiger partial charge in [-0.05, 0) is 66.7 Å². The third kappa shape index (κ3) is 4.13. The van der Waals surface area contributed by atoms with Gasteiger partial charge in [0.05, 0.1) is 0 Å². The first-order valence-corrected chi connectivity index (χ1v) is 12.0. The van der Waals surface area contributed by atoms with Crippen LogP contribution in [0.2, 0.25) is 0 Å². The molecule has 2 amide bonds. The summed E-state index contributed by atoms with van der Waals surface area (Å²) in [5.74, 6) is 1.38. The average Bonchev–Trinajstić information content (AvgIpc) is 3.47. The fourth-order valence-electron chi connectivity index (χ4n) is 5.93. The van der Waals surface area contributed by atoms with Crippen LogP contribution in [0.4, 0.5) is 0 Å². The number of fused-ring (bicyclic) bond motifs is 2. The van der Waals surface area contributed by atoms with Gasteiger partial charge in [0, 0.05) is 32.6 Å². The van der Waals surface area contributed by atoms with Crippen molar-refractivity contribution in [1.82, 2.24) is 9.80 Å². The van der Waals surface area contributed by atoms with Gasteiger partial charge < -0.3 is 14.5 Å². The van der Waals surface area contributed by atoms with Crippen LogP contribution < -0.4 is 4.74 Å². The van der Waals surface area contributed by atoms with Gasteiger partial charge in [0.1, 0.15) is 5.75 Å². The molecule has 2 aromatic rings. The smallest absolute Gasteiger partial charge is 0.260 e. The van der Waals surface area contributed by atoms with Gasteiger partial charge in [-0.1, -0.05) is 42.5 Å². The van der Waals surface area contributed by atoms with Crippen LogP contribution >= 0.6 is 0 Å². The van der Waals surface area contributed by atoms with E-state index in [4.69, 9.17) is 4.74 Å². The molecule has 0 aromatic heterocycles. The van der Waals surface area contributed by atoms with E-state index in [1.54, 1.807) is 0 Å². The quantitative estimate of drug-likeness (QED) is 0.714. The van der Waals surface area contributed by atoms with Crippen LogP contribution in [-0.4, -0.2) is 54.4 Å². The summed E-state index contributed by atoms with van der Waals surface area (Å²) in [4.78, 5) is 29.6. The monoisotopic (exact) mass is 432 g/mol. The molecule has 2 aliphatic heterocycles. The summed E-state index contributed by atoms with van der Waals surface area (Å²) in [5, 5.41) is 0. The van der Waals surface area contributed by atoms with Crippen LogP contribution in [0.25, 0.3) is 0 Å². The van der Waals surface area contributed by atoms with Crippen LogP contribution in [0.15, 0.2) is 54.6 Å². The highest BCUT2D eigenvalue weighted by atomic mass is 16.5. The molecule has 2 aromatic carbocycles. The number of carbonyl (C=O) groups is 2. The molecule has 0 unspecified atom stereocenters. The van der Waals surface area contributed by atoms with Crippen molar-refractivity contribution in [3.63, 3.8) is 0 Å². The number of amides is 2. The second-order valence-electron chi connectivity index (χ2n) is 9.54. The molecule has 0 N–H and O–H groups in total. The molecule has 2 heterocycles. The van der Waals surface area contributed by atoms with Crippen LogP contribution in [0, 0.1) is 0 Å². The second kappa shape index (κ2) is 8.97. The molecule has 1 aliphatic carbocycles. The predicted octanol–water partition coefficient (Wildman–Crippen LogP) is 4.13. The number of para-hydroxylation sites is 1. The van der Waals surface area contributed by atoms with E-state index in [-0.39, 0.29) is 17.9 Å². The third-order valence-corrected chi connectivity index (χ3v) is 7.67. The Bertz CT molecular complexity index is 960. The van der Waals surface area contributed by atoms with Gasteiger partial charge in [0.2, 0.25) is 5.91 Å². The number of ether oxygens (including phenoxy) is 1. The number of nitrogens with zero attached hydrogens (tertiary/aromatic N) is 2. The van der Waals surface area contributed by atoms with Crippen molar-refractivity contribution >= 4 is 11.8 Å². The summed E-state index contributed by atoms with van der Waals surface area (Å²) in [5.41, 5.74) is 2.85. The minimum atomic E-state index is 0.0516. The summed E-state index contributed by atoms with van der Waals surface area (Å²) in [7, 11) is 0. The van der Waals surface area contributed by atoms with Crippen LogP contribution in [0.5, 0.6) is 5.75 Å². The molecule has 32 heavy (non-hydrogen) atoms. The lowest BCUT2D eigenvalue weighted by molar-refractivity contribution is -0.135. The van der Waals surface area contributed by atoms with Crippen molar-refractivity contribution in [3.8, 4) is 5.75 Å². The number of rotatable bonds is 5. The molecule has 5 rings (SSSR count). The zero-order chi connectivity index (χ0) is 22.0. The van der Waals surface area contributed by atoms with Crippen molar-refractivity contribution in [2.24, 2.45) is 0 Å². The maximum Gasteiger partial charge on any atom is 0.260 e. The molecule has 0 radical (unpaired) electrons. The Kier molecular flexibility index (Phi) is 5.90. The third-order valence-electron chi connectivity index (χ3n) is 7.67. The number of hydrogen-bond acceptors (Lipinski definition) is 3.